The number of carbonyl (C=O) groups excluding carboxylic acids is 1. The third kappa shape index (κ3) is 3.89. The van der Waals surface area contributed by atoms with Crippen LogP contribution in [0.3, 0.4) is 0 Å². The van der Waals surface area contributed by atoms with Crippen molar-refractivity contribution in [2.75, 3.05) is 11.9 Å². The maximum atomic E-state index is 13.1. The van der Waals surface area contributed by atoms with Crippen molar-refractivity contribution in [3.63, 3.8) is 0 Å². The van der Waals surface area contributed by atoms with Crippen LogP contribution in [0.2, 0.25) is 0 Å². The normalized spacial score (nSPS) is 10.9. The molecule has 0 unspecified atom stereocenters. The van der Waals surface area contributed by atoms with Gasteiger partial charge >= 0.3 is 0 Å². The molecular weight excluding hydrogens is 418 g/mol. The van der Waals surface area contributed by atoms with Crippen LogP contribution in [-0.2, 0) is 11.3 Å². The molecule has 3 aromatic heterocycles. The zero-order valence-corrected chi connectivity index (χ0v) is 17.8. The number of likely N-dealkylation sites (N-methyl/N-ethyl adjacent to an activating group) is 1. The van der Waals surface area contributed by atoms with E-state index in [4.69, 9.17) is 4.52 Å². The lowest BCUT2D eigenvalue weighted by Gasteiger charge is -2.19. The summed E-state index contributed by atoms with van der Waals surface area (Å²) >= 11 is 0. The molecule has 0 fully saturated rings. The monoisotopic (exact) mass is 437 g/mol. The Balaban J connectivity index is 1.54. The second-order valence-electron chi connectivity index (χ2n) is 7.43. The second-order valence-corrected chi connectivity index (χ2v) is 7.43. The van der Waals surface area contributed by atoms with Gasteiger partial charge in [0.15, 0.2) is 0 Å². The summed E-state index contributed by atoms with van der Waals surface area (Å²) in [4.78, 5) is 36.2. The molecule has 0 saturated heterocycles. The zero-order valence-electron chi connectivity index (χ0n) is 17.8. The summed E-state index contributed by atoms with van der Waals surface area (Å²) in [7, 11) is 1.69. The first kappa shape index (κ1) is 20.3. The average Bonchev–Trinajstić information content (AvgIpc) is 3.36. The van der Waals surface area contributed by atoms with E-state index >= 15 is 0 Å². The fourth-order valence-corrected chi connectivity index (χ4v) is 3.64. The molecule has 8 nitrogen and oxygen atoms in total. The summed E-state index contributed by atoms with van der Waals surface area (Å²) in [5, 5.41) is 4.73. The van der Waals surface area contributed by atoms with Gasteiger partial charge in [0.05, 0.1) is 11.1 Å². The van der Waals surface area contributed by atoms with Gasteiger partial charge in [0.25, 0.3) is 11.4 Å². The lowest BCUT2D eigenvalue weighted by molar-refractivity contribution is -0.118. The first-order chi connectivity index (χ1) is 16.1. The van der Waals surface area contributed by atoms with Gasteiger partial charge in [0.2, 0.25) is 11.7 Å². The topological polar surface area (TPSA) is 94.1 Å². The molecule has 0 radical (unpaired) electrons. The molecule has 5 aromatic rings. The third-order valence-electron chi connectivity index (χ3n) is 5.38. The maximum Gasteiger partial charge on any atom is 0.259 e. The van der Waals surface area contributed by atoms with E-state index in [0.717, 1.165) is 11.1 Å². The van der Waals surface area contributed by atoms with Crippen molar-refractivity contribution in [1.82, 2.24) is 19.7 Å². The Morgan fingerprint density at radius 1 is 1.00 bits per heavy atom. The van der Waals surface area contributed by atoms with E-state index in [1.54, 1.807) is 31.4 Å². The number of fused-ring (bicyclic) bond motifs is 1. The number of anilines is 1. The Hall–Kier alpha value is -4.59. The summed E-state index contributed by atoms with van der Waals surface area (Å²) in [5.74, 6) is 0.332. The van der Waals surface area contributed by atoms with E-state index < -0.39 is 0 Å². The Morgan fingerprint density at radius 2 is 1.76 bits per heavy atom. The van der Waals surface area contributed by atoms with Crippen molar-refractivity contribution in [3.8, 4) is 23.0 Å². The van der Waals surface area contributed by atoms with Gasteiger partial charge in [-0.1, -0.05) is 47.6 Å². The minimum absolute atomic E-state index is 0.103. The van der Waals surface area contributed by atoms with Gasteiger partial charge in [-0.05, 0) is 30.3 Å². The molecule has 5 rings (SSSR count). The third-order valence-corrected chi connectivity index (χ3v) is 5.38. The van der Waals surface area contributed by atoms with Gasteiger partial charge in [-0.3, -0.25) is 19.1 Å². The first-order valence-corrected chi connectivity index (χ1v) is 10.3. The molecule has 0 aliphatic carbocycles. The summed E-state index contributed by atoms with van der Waals surface area (Å²) < 4.78 is 6.92. The molecule has 0 spiro atoms. The number of benzene rings is 2. The highest BCUT2D eigenvalue weighted by Crippen LogP contribution is 2.27. The highest BCUT2D eigenvalue weighted by molar-refractivity contribution is 5.96. The van der Waals surface area contributed by atoms with Crippen LogP contribution in [-0.4, -0.2) is 32.6 Å². The number of aromatic nitrogens is 4. The standard InChI is InChI=1S/C25H19N5O3/c1-29(17-9-3-2-4-10-17)23(32)16-30-21-13-6-5-11-18(21)19(15-22(30)31)25-27-24(28-33-25)20-12-7-8-14-26-20/h2-15H,16H2,1H3. The van der Waals surface area contributed by atoms with Crippen LogP contribution in [0, 0.1) is 0 Å². The molecule has 0 N–H and O–H groups in total. The zero-order chi connectivity index (χ0) is 22.8. The number of rotatable bonds is 5. The van der Waals surface area contributed by atoms with Gasteiger partial charge in [0, 0.05) is 30.4 Å². The highest BCUT2D eigenvalue weighted by atomic mass is 16.5. The molecule has 1 amide bonds. The Bertz CT molecular complexity index is 1490. The summed E-state index contributed by atoms with van der Waals surface area (Å²) in [6.45, 7) is -0.103. The lowest BCUT2D eigenvalue weighted by Crippen LogP contribution is -2.34. The van der Waals surface area contributed by atoms with E-state index in [-0.39, 0.29) is 23.9 Å². The smallest absolute Gasteiger partial charge is 0.259 e. The molecule has 0 atom stereocenters. The quantitative estimate of drug-likeness (QED) is 0.415. The SMILES string of the molecule is CN(C(=O)Cn1c(=O)cc(-c2nc(-c3ccccn3)no2)c2ccccc21)c1ccccc1. The molecule has 162 valence electrons. The van der Waals surface area contributed by atoms with Crippen LogP contribution in [0.1, 0.15) is 0 Å². The molecule has 8 heteroatoms. The van der Waals surface area contributed by atoms with Gasteiger partial charge in [-0.2, -0.15) is 4.98 Å². The van der Waals surface area contributed by atoms with Crippen LogP contribution in [0.5, 0.6) is 0 Å². The van der Waals surface area contributed by atoms with E-state index in [1.165, 1.54) is 15.5 Å². The van der Waals surface area contributed by atoms with Crippen molar-refractivity contribution in [3.05, 3.63) is 95.4 Å². The van der Waals surface area contributed by atoms with Crippen LogP contribution in [0.15, 0.2) is 94.4 Å². The molecule has 2 aromatic carbocycles. The summed E-state index contributed by atoms with van der Waals surface area (Å²) in [5.41, 5.74) is 2.10. The number of pyridine rings is 2. The maximum absolute atomic E-state index is 13.1. The van der Waals surface area contributed by atoms with Crippen molar-refractivity contribution in [2.45, 2.75) is 6.54 Å². The predicted octanol–water partition coefficient (Wildman–Crippen LogP) is 3.78. The van der Waals surface area contributed by atoms with Crippen molar-refractivity contribution in [2.24, 2.45) is 0 Å². The van der Waals surface area contributed by atoms with Crippen molar-refractivity contribution in [1.29, 1.82) is 0 Å². The number of hydrogen-bond acceptors (Lipinski definition) is 6. The molecular formula is C25H19N5O3. The number of carbonyl (C=O) groups is 1. The van der Waals surface area contributed by atoms with E-state index in [1.807, 2.05) is 54.6 Å². The Morgan fingerprint density at radius 3 is 2.55 bits per heavy atom. The average molecular weight is 437 g/mol. The van der Waals surface area contributed by atoms with Crippen molar-refractivity contribution >= 4 is 22.5 Å². The molecule has 0 aliphatic rings. The van der Waals surface area contributed by atoms with Crippen molar-refractivity contribution < 1.29 is 9.32 Å². The van der Waals surface area contributed by atoms with Crippen LogP contribution in [0.4, 0.5) is 5.69 Å². The van der Waals surface area contributed by atoms with Crippen LogP contribution < -0.4 is 10.5 Å². The molecule has 0 bridgehead atoms. The number of hydrogen-bond donors (Lipinski definition) is 0. The number of amides is 1. The Labute approximate surface area is 188 Å². The lowest BCUT2D eigenvalue weighted by atomic mass is 10.1. The molecule has 0 aliphatic heterocycles. The van der Waals surface area contributed by atoms with Gasteiger partial charge < -0.3 is 9.42 Å². The van der Waals surface area contributed by atoms with Gasteiger partial charge in [-0.25, -0.2) is 0 Å². The molecule has 33 heavy (non-hydrogen) atoms. The van der Waals surface area contributed by atoms with E-state index in [0.29, 0.717) is 22.6 Å². The largest absolute Gasteiger partial charge is 0.334 e. The minimum atomic E-state index is -0.337. The second kappa shape index (κ2) is 8.51. The minimum Gasteiger partial charge on any atom is -0.334 e. The molecule has 3 heterocycles. The Kier molecular flexibility index (Phi) is 5.24. The van der Waals surface area contributed by atoms with Crippen LogP contribution in [0.25, 0.3) is 33.9 Å². The fraction of sp³-hybridized carbons (Fsp3) is 0.0800. The first-order valence-electron chi connectivity index (χ1n) is 10.3. The van der Waals surface area contributed by atoms with Gasteiger partial charge in [-0.15, -0.1) is 0 Å². The number of para-hydroxylation sites is 2. The van der Waals surface area contributed by atoms with E-state index in [9.17, 15) is 9.59 Å². The van der Waals surface area contributed by atoms with Gasteiger partial charge in [0.1, 0.15) is 12.2 Å². The number of nitrogens with zero attached hydrogens (tertiary/aromatic N) is 5. The van der Waals surface area contributed by atoms with E-state index in [2.05, 4.69) is 15.1 Å². The summed E-state index contributed by atoms with van der Waals surface area (Å²) in [6, 6.07) is 23.5. The van der Waals surface area contributed by atoms with Crippen LogP contribution >= 0.6 is 0 Å². The molecule has 0 saturated carbocycles. The predicted molar refractivity (Wildman–Crippen MR) is 125 cm³/mol. The summed E-state index contributed by atoms with van der Waals surface area (Å²) in [6.07, 6.45) is 1.64. The highest BCUT2D eigenvalue weighted by Gasteiger charge is 2.19. The fourth-order valence-electron chi connectivity index (χ4n) is 3.64.